The van der Waals surface area contributed by atoms with Crippen molar-refractivity contribution < 1.29 is 36.6 Å². The zero-order valence-electron chi connectivity index (χ0n) is 27.0. The van der Waals surface area contributed by atoms with Crippen molar-refractivity contribution in [3.63, 3.8) is 0 Å². The van der Waals surface area contributed by atoms with Gasteiger partial charge in [-0.1, -0.05) is 41.1 Å². The molecule has 0 aliphatic heterocycles. The van der Waals surface area contributed by atoms with Crippen molar-refractivity contribution in [1.29, 1.82) is 0 Å². The number of ether oxygens (including phenoxy) is 3. The molecule has 0 aliphatic rings. The summed E-state index contributed by atoms with van der Waals surface area (Å²) in [5.41, 5.74) is 0.463. The van der Waals surface area contributed by atoms with Gasteiger partial charge < -0.3 is 19.5 Å². The van der Waals surface area contributed by atoms with E-state index in [0.717, 1.165) is 27.9 Å². The minimum atomic E-state index is -4.23. The van der Waals surface area contributed by atoms with Gasteiger partial charge in [-0.3, -0.25) is 10.1 Å². The van der Waals surface area contributed by atoms with Gasteiger partial charge in [-0.05, 0) is 56.7 Å². The zero-order chi connectivity index (χ0) is 35.5. The quantitative estimate of drug-likeness (QED) is 0.158. The Balaban J connectivity index is 1.45. The Kier molecular flexibility index (Phi) is 10.3. The first-order valence-corrected chi connectivity index (χ1v) is 17.4. The highest BCUT2D eigenvalue weighted by Gasteiger charge is 2.31. The molecule has 2 N–H and O–H groups in total. The molecule has 0 spiro atoms. The van der Waals surface area contributed by atoms with Crippen LogP contribution in [0.5, 0.6) is 11.5 Å². The van der Waals surface area contributed by atoms with Crippen LogP contribution in [0.1, 0.15) is 42.3 Å². The maximum absolute atomic E-state index is 14.1. The van der Waals surface area contributed by atoms with Crippen molar-refractivity contribution in [3.8, 4) is 11.5 Å². The van der Waals surface area contributed by atoms with E-state index in [1.54, 1.807) is 57.2 Å². The van der Waals surface area contributed by atoms with Gasteiger partial charge in [0.2, 0.25) is 5.13 Å². The number of rotatable bonds is 11. The van der Waals surface area contributed by atoms with E-state index < -0.39 is 39.2 Å². The van der Waals surface area contributed by atoms with Crippen molar-refractivity contribution in [2.45, 2.75) is 38.7 Å². The maximum atomic E-state index is 14.1. The van der Waals surface area contributed by atoms with Gasteiger partial charge in [0.05, 0.1) is 49.1 Å². The van der Waals surface area contributed by atoms with Crippen LogP contribution in [-0.2, 0) is 27.1 Å². The number of aromatic nitrogens is 3. The number of amides is 2. The lowest BCUT2D eigenvalue weighted by Crippen LogP contribution is -2.37. The van der Waals surface area contributed by atoms with E-state index in [1.807, 2.05) is 0 Å². The normalized spacial score (nSPS) is 11.7. The molecule has 0 atom stereocenters. The lowest BCUT2D eigenvalue weighted by atomic mass is 10.1. The Morgan fingerprint density at radius 3 is 2.49 bits per heavy atom. The topological polar surface area (TPSA) is 154 Å². The fourth-order valence-electron chi connectivity index (χ4n) is 4.78. The molecule has 0 aliphatic carbocycles. The first-order chi connectivity index (χ1) is 23.2. The van der Waals surface area contributed by atoms with Gasteiger partial charge in [-0.2, -0.15) is 9.89 Å². The third-order valence-corrected chi connectivity index (χ3v) is 9.62. The fourth-order valence-corrected chi connectivity index (χ4v) is 7.43. The molecule has 0 radical (unpaired) electrons. The monoisotopic (exact) mass is 730 g/mol. The number of methoxy groups -OCH3 is 2. The summed E-state index contributed by atoms with van der Waals surface area (Å²) in [5, 5.41) is 10.2. The molecule has 2 aromatic heterocycles. The van der Waals surface area contributed by atoms with Gasteiger partial charge in [0, 0.05) is 23.6 Å². The first-order valence-electron chi connectivity index (χ1n) is 14.6. The molecule has 0 fully saturated rings. The van der Waals surface area contributed by atoms with E-state index in [4.69, 9.17) is 25.8 Å². The smallest absolute Gasteiger partial charge is 0.412 e. The molecule has 3 aromatic carbocycles. The summed E-state index contributed by atoms with van der Waals surface area (Å²) >= 11 is 7.13. The molecule has 5 aromatic rings. The van der Waals surface area contributed by atoms with Gasteiger partial charge in [0.15, 0.2) is 0 Å². The van der Waals surface area contributed by atoms with E-state index in [0.29, 0.717) is 33.5 Å². The van der Waals surface area contributed by atoms with Crippen LogP contribution < -0.4 is 24.5 Å². The standard InChI is InChI=1S/C32H32ClFN6O7S2/c1-32(2,3)47-31(42)38-25-13-21(34)10-12-23(25)29(41)35-15-19-7-6-8-26-24(19)16-37-39(26)40(30-36-17-28(33)48-30)49(43,44)18-20-9-11-22(45-4)14-27(20)46-5/h6-14,16-17H,15,18H2,1-5H3,(H,35,41)(H,38,42). The summed E-state index contributed by atoms with van der Waals surface area (Å²) < 4.78 is 59.5. The molecule has 0 saturated heterocycles. The van der Waals surface area contributed by atoms with Crippen molar-refractivity contribution in [3.05, 3.63) is 93.8 Å². The number of anilines is 2. The lowest BCUT2D eigenvalue weighted by Gasteiger charge is -2.22. The highest BCUT2D eigenvalue weighted by Crippen LogP contribution is 2.34. The first kappa shape index (κ1) is 35.4. The Morgan fingerprint density at radius 1 is 1.04 bits per heavy atom. The van der Waals surface area contributed by atoms with Gasteiger partial charge in [-0.15, -0.1) is 4.41 Å². The number of halogens is 2. The number of carbonyl (C=O) groups is 2. The van der Waals surface area contributed by atoms with Crippen LogP contribution in [0.15, 0.2) is 67.0 Å². The average molecular weight is 731 g/mol. The number of fused-ring (bicyclic) bond motifs is 1. The number of nitrogens with one attached hydrogen (secondary N) is 2. The third-order valence-electron chi connectivity index (χ3n) is 6.88. The summed E-state index contributed by atoms with van der Waals surface area (Å²) in [7, 11) is -1.31. The molecule has 0 unspecified atom stereocenters. The minimum Gasteiger partial charge on any atom is -0.497 e. The second-order valence-corrected chi connectivity index (χ2v) is 14.9. The predicted octanol–water partition coefficient (Wildman–Crippen LogP) is 6.38. The van der Waals surface area contributed by atoms with E-state index in [9.17, 15) is 22.4 Å². The van der Waals surface area contributed by atoms with Crippen LogP contribution in [0.4, 0.5) is 20.0 Å². The SMILES string of the molecule is COc1ccc(CS(=O)(=O)N(c2ncc(Cl)s2)n2ncc3c(CNC(=O)c4ccc(F)cc4NC(=O)OC(C)(C)C)cccc32)c(OC)c1. The van der Waals surface area contributed by atoms with Crippen LogP contribution in [0.2, 0.25) is 4.34 Å². The molecule has 2 heterocycles. The molecular formula is C32H32ClFN6O7S2. The average Bonchev–Trinajstić information content (AvgIpc) is 3.65. The van der Waals surface area contributed by atoms with Crippen molar-refractivity contribution in [1.82, 2.24) is 20.2 Å². The van der Waals surface area contributed by atoms with E-state index >= 15 is 0 Å². The summed E-state index contributed by atoms with van der Waals surface area (Å²) in [6, 6.07) is 13.3. The number of benzene rings is 3. The van der Waals surface area contributed by atoms with Crippen LogP contribution in [-0.4, -0.2) is 55.1 Å². The molecule has 258 valence electrons. The summed E-state index contributed by atoms with van der Waals surface area (Å²) in [6.45, 7) is 5.00. The number of carbonyl (C=O) groups excluding carboxylic acids is 2. The summed E-state index contributed by atoms with van der Waals surface area (Å²) in [4.78, 5) is 31.1. The van der Waals surface area contributed by atoms with Crippen LogP contribution in [0.25, 0.3) is 10.9 Å². The Hall–Kier alpha value is -4.93. The van der Waals surface area contributed by atoms with Crippen molar-refractivity contribution in [2.75, 3.05) is 24.0 Å². The highest BCUT2D eigenvalue weighted by molar-refractivity contribution is 7.92. The van der Waals surface area contributed by atoms with Gasteiger partial charge in [0.25, 0.3) is 15.9 Å². The van der Waals surface area contributed by atoms with Crippen LogP contribution >= 0.6 is 22.9 Å². The zero-order valence-corrected chi connectivity index (χ0v) is 29.4. The number of hydrogen-bond donors (Lipinski definition) is 2. The summed E-state index contributed by atoms with van der Waals surface area (Å²) in [5.74, 6) is -0.939. The Morgan fingerprint density at radius 2 is 1.82 bits per heavy atom. The lowest BCUT2D eigenvalue weighted by molar-refractivity contribution is 0.0636. The third kappa shape index (κ3) is 8.21. The minimum absolute atomic E-state index is 0.00186. The number of sulfonamides is 1. The number of hydrogen-bond acceptors (Lipinski definition) is 10. The van der Waals surface area contributed by atoms with Gasteiger partial charge >= 0.3 is 6.09 Å². The highest BCUT2D eigenvalue weighted by atomic mass is 35.5. The van der Waals surface area contributed by atoms with Crippen LogP contribution in [0.3, 0.4) is 0 Å². The number of nitrogens with zero attached hydrogens (tertiary/aromatic N) is 4. The van der Waals surface area contributed by atoms with Crippen molar-refractivity contribution >= 4 is 66.7 Å². The molecule has 2 amide bonds. The van der Waals surface area contributed by atoms with Gasteiger partial charge in [-0.25, -0.2) is 22.6 Å². The van der Waals surface area contributed by atoms with E-state index in [2.05, 4.69) is 20.7 Å². The molecule has 5 rings (SSSR count). The molecular weight excluding hydrogens is 699 g/mol. The van der Waals surface area contributed by atoms with Crippen molar-refractivity contribution in [2.24, 2.45) is 0 Å². The second kappa shape index (κ2) is 14.3. The van der Waals surface area contributed by atoms with E-state index in [-0.39, 0.29) is 27.3 Å². The Bertz CT molecular complexity index is 2130. The van der Waals surface area contributed by atoms with Crippen LogP contribution in [0, 0.1) is 5.82 Å². The van der Waals surface area contributed by atoms with Gasteiger partial charge in [0.1, 0.15) is 27.3 Å². The molecule has 17 heteroatoms. The molecule has 0 saturated carbocycles. The maximum Gasteiger partial charge on any atom is 0.412 e. The fraction of sp³-hybridized carbons (Fsp3) is 0.250. The largest absolute Gasteiger partial charge is 0.497 e. The molecule has 49 heavy (non-hydrogen) atoms. The summed E-state index contributed by atoms with van der Waals surface area (Å²) in [6.07, 6.45) is 1.96. The molecule has 13 nitrogen and oxygen atoms in total. The Labute approximate surface area is 290 Å². The second-order valence-electron chi connectivity index (χ2n) is 11.5. The number of thiazole rings is 1. The predicted molar refractivity (Wildman–Crippen MR) is 184 cm³/mol. The van der Waals surface area contributed by atoms with E-state index in [1.165, 1.54) is 37.5 Å². The molecule has 0 bridgehead atoms.